The molecular weight excluding hydrogens is 212 g/mol. The van der Waals surface area contributed by atoms with Crippen LogP contribution in [0.4, 0.5) is 0 Å². The SMILES string of the molecule is C=C[C@H](CCCC(=O)OCC)c1ccccc1. The highest BCUT2D eigenvalue weighted by Crippen LogP contribution is 2.22. The molecule has 0 bridgehead atoms. The maximum absolute atomic E-state index is 11.2. The van der Waals surface area contributed by atoms with Gasteiger partial charge in [-0.3, -0.25) is 4.79 Å². The van der Waals surface area contributed by atoms with Gasteiger partial charge in [-0.2, -0.15) is 0 Å². The van der Waals surface area contributed by atoms with E-state index in [-0.39, 0.29) is 5.97 Å². The molecule has 17 heavy (non-hydrogen) atoms. The first-order valence-corrected chi connectivity index (χ1v) is 6.11. The van der Waals surface area contributed by atoms with Gasteiger partial charge in [-0.05, 0) is 25.3 Å². The Labute approximate surface area is 103 Å². The minimum Gasteiger partial charge on any atom is -0.466 e. The van der Waals surface area contributed by atoms with Gasteiger partial charge >= 0.3 is 5.97 Å². The first-order chi connectivity index (χ1) is 8.27. The van der Waals surface area contributed by atoms with Crippen LogP contribution in [0.3, 0.4) is 0 Å². The first-order valence-electron chi connectivity index (χ1n) is 6.11. The molecule has 1 rings (SSSR count). The smallest absolute Gasteiger partial charge is 0.305 e. The van der Waals surface area contributed by atoms with E-state index < -0.39 is 0 Å². The van der Waals surface area contributed by atoms with Crippen molar-refractivity contribution in [2.24, 2.45) is 0 Å². The van der Waals surface area contributed by atoms with Gasteiger partial charge in [-0.15, -0.1) is 6.58 Å². The van der Waals surface area contributed by atoms with E-state index >= 15 is 0 Å². The van der Waals surface area contributed by atoms with E-state index in [1.54, 1.807) is 0 Å². The van der Waals surface area contributed by atoms with E-state index in [1.807, 2.05) is 31.2 Å². The number of carbonyl (C=O) groups excluding carboxylic acids is 1. The second kappa shape index (κ2) is 7.66. The minimum atomic E-state index is -0.108. The summed E-state index contributed by atoms with van der Waals surface area (Å²) in [4.78, 5) is 11.2. The summed E-state index contributed by atoms with van der Waals surface area (Å²) in [7, 11) is 0. The topological polar surface area (TPSA) is 26.3 Å². The number of allylic oxidation sites excluding steroid dienone is 1. The zero-order valence-corrected chi connectivity index (χ0v) is 10.4. The van der Waals surface area contributed by atoms with Gasteiger partial charge in [0.15, 0.2) is 0 Å². The lowest BCUT2D eigenvalue weighted by atomic mass is 9.94. The molecule has 1 aromatic rings. The van der Waals surface area contributed by atoms with Gasteiger partial charge < -0.3 is 4.74 Å². The molecule has 0 aliphatic rings. The Morgan fingerprint density at radius 2 is 2.12 bits per heavy atom. The molecule has 0 heterocycles. The van der Waals surface area contributed by atoms with Crippen LogP contribution in [0.25, 0.3) is 0 Å². The van der Waals surface area contributed by atoms with Gasteiger partial charge in [0.05, 0.1) is 6.61 Å². The molecule has 92 valence electrons. The van der Waals surface area contributed by atoms with E-state index in [0.717, 1.165) is 12.8 Å². The lowest BCUT2D eigenvalue weighted by Gasteiger charge is -2.12. The molecule has 2 heteroatoms. The summed E-state index contributed by atoms with van der Waals surface area (Å²) in [6.45, 7) is 6.14. The normalized spacial score (nSPS) is 11.8. The third-order valence-electron chi connectivity index (χ3n) is 2.71. The third-order valence-corrected chi connectivity index (χ3v) is 2.71. The molecule has 0 spiro atoms. The van der Waals surface area contributed by atoms with Crippen molar-refractivity contribution in [3.63, 3.8) is 0 Å². The second-order valence-corrected chi connectivity index (χ2v) is 3.95. The fourth-order valence-corrected chi connectivity index (χ4v) is 1.82. The lowest BCUT2D eigenvalue weighted by molar-refractivity contribution is -0.143. The fourth-order valence-electron chi connectivity index (χ4n) is 1.82. The van der Waals surface area contributed by atoms with Crippen LogP contribution < -0.4 is 0 Å². The summed E-state index contributed by atoms with van der Waals surface area (Å²) in [5, 5.41) is 0. The second-order valence-electron chi connectivity index (χ2n) is 3.95. The Kier molecular flexibility index (Phi) is 6.08. The molecule has 0 N–H and O–H groups in total. The van der Waals surface area contributed by atoms with Crippen molar-refractivity contribution in [3.05, 3.63) is 48.6 Å². The molecule has 0 radical (unpaired) electrons. The van der Waals surface area contributed by atoms with Gasteiger partial charge in [-0.1, -0.05) is 36.4 Å². The lowest BCUT2D eigenvalue weighted by Crippen LogP contribution is -2.04. The summed E-state index contributed by atoms with van der Waals surface area (Å²) in [6.07, 6.45) is 4.21. The molecule has 0 fully saturated rings. The van der Waals surface area contributed by atoms with E-state index in [2.05, 4.69) is 18.7 Å². The highest BCUT2D eigenvalue weighted by atomic mass is 16.5. The highest BCUT2D eigenvalue weighted by Gasteiger charge is 2.08. The summed E-state index contributed by atoms with van der Waals surface area (Å²) in [5.41, 5.74) is 1.26. The van der Waals surface area contributed by atoms with Crippen LogP contribution in [0.1, 0.15) is 37.7 Å². The summed E-state index contributed by atoms with van der Waals surface area (Å²) >= 11 is 0. The number of benzene rings is 1. The van der Waals surface area contributed by atoms with Gasteiger partial charge in [0.2, 0.25) is 0 Å². The zero-order chi connectivity index (χ0) is 12.5. The average molecular weight is 232 g/mol. The van der Waals surface area contributed by atoms with Crippen molar-refractivity contribution in [2.75, 3.05) is 6.61 Å². The predicted octanol–water partition coefficient (Wildman–Crippen LogP) is 3.69. The van der Waals surface area contributed by atoms with E-state index in [9.17, 15) is 4.79 Å². The molecule has 1 atom stereocenters. The Morgan fingerprint density at radius 3 is 2.71 bits per heavy atom. The first kappa shape index (κ1) is 13.5. The molecule has 0 saturated heterocycles. The van der Waals surface area contributed by atoms with Crippen LogP contribution in [-0.2, 0) is 9.53 Å². The molecule has 1 aromatic carbocycles. The van der Waals surface area contributed by atoms with E-state index in [4.69, 9.17) is 4.74 Å². The standard InChI is InChI=1S/C15H20O2/c1-3-13(14-9-6-5-7-10-14)11-8-12-15(16)17-4-2/h3,5-7,9-10,13H,1,4,8,11-12H2,2H3/t13-/m1/s1. The molecule has 0 aliphatic carbocycles. The van der Waals surface area contributed by atoms with Crippen LogP contribution in [0.2, 0.25) is 0 Å². The van der Waals surface area contributed by atoms with Crippen LogP contribution >= 0.6 is 0 Å². The summed E-state index contributed by atoms with van der Waals surface area (Å²) < 4.78 is 4.90. The Balaban J connectivity index is 2.39. The highest BCUT2D eigenvalue weighted by molar-refractivity contribution is 5.69. The van der Waals surface area contributed by atoms with Gasteiger partial charge in [0.25, 0.3) is 0 Å². The van der Waals surface area contributed by atoms with Crippen molar-refractivity contribution < 1.29 is 9.53 Å². The van der Waals surface area contributed by atoms with Crippen molar-refractivity contribution in [2.45, 2.75) is 32.1 Å². The Bertz CT molecular complexity index is 343. The molecule has 0 amide bonds. The molecule has 2 nitrogen and oxygen atoms in total. The Hall–Kier alpha value is -1.57. The maximum Gasteiger partial charge on any atom is 0.305 e. The number of hydrogen-bond acceptors (Lipinski definition) is 2. The molecule has 0 aromatic heterocycles. The van der Waals surface area contributed by atoms with Gasteiger partial charge in [0.1, 0.15) is 0 Å². The summed E-state index contributed by atoms with van der Waals surface area (Å²) in [5.74, 6) is 0.217. The van der Waals surface area contributed by atoms with Crippen LogP contribution in [0.5, 0.6) is 0 Å². The number of hydrogen-bond donors (Lipinski definition) is 0. The van der Waals surface area contributed by atoms with E-state index in [0.29, 0.717) is 18.9 Å². The number of esters is 1. The fraction of sp³-hybridized carbons (Fsp3) is 0.400. The van der Waals surface area contributed by atoms with Gasteiger partial charge in [0, 0.05) is 12.3 Å². The van der Waals surface area contributed by atoms with Crippen molar-refractivity contribution in [1.29, 1.82) is 0 Å². The zero-order valence-electron chi connectivity index (χ0n) is 10.4. The number of rotatable bonds is 7. The van der Waals surface area contributed by atoms with Crippen LogP contribution in [0.15, 0.2) is 43.0 Å². The predicted molar refractivity (Wildman–Crippen MR) is 69.9 cm³/mol. The number of ether oxygens (including phenoxy) is 1. The van der Waals surface area contributed by atoms with Crippen LogP contribution in [-0.4, -0.2) is 12.6 Å². The minimum absolute atomic E-state index is 0.108. The Morgan fingerprint density at radius 1 is 1.41 bits per heavy atom. The van der Waals surface area contributed by atoms with Gasteiger partial charge in [-0.25, -0.2) is 0 Å². The maximum atomic E-state index is 11.2. The molecule has 0 aliphatic heterocycles. The third kappa shape index (κ3) is 4.85. The van der Waals surface area contributed by atoms with Crippen molar-refractivity contribution in [3.8, 4) is 0 Å². The monoisotopic (exact) mass is 232 g/mol. The average Bonchev–Trinajstić information content (AvgIpc) is 2.36. The quantitative estimate of drug-likeness (QED) is 0.529. The van der Waals surface area contributed by atoms with E-state index in [1.165, 1.54) is 5.56 Å². The molecule has 0 saturated carbocycles. The number of carbonyl (C=O) groups is 1. The van der Waals surface area contributed by atoms with Crippen molar-refractivity contribution in [1.82, 2.24) is 0 Å². The van der Waals surface area contributed by atoms with Crippen LogP contribution in [0, 0.1) is 0 Å². The summed E-state index contributed by atoms with van der Waals surface area (Å²) in [6, 6.07) is 10.2. The molecular formula is C15H20O2. The molecule has 0 unspecified atom stereocenters. The van der Waals surface area contributed by atoms with Crippen molar-refractivity contribution >= 4 is 5.97 Å². The largest absolute Gasteiger partial charge is 0.466 e.